The monoisotopic (exact) mass is 462 g/mol. The average Bonchev–Trinajstić information content (AvgIpc) is 3.45. The van der Waals surface area contributed by atoms with Crippen LogP contribution in [-0.2, 0) is 16.1 Å². The number of carbonyl (C=O) groups is 2. The first-order valence-corrected chi connectivity index (χ1v) is 11.1. The minimum absolute atomic E-state index is 0.0184. The molecule has 2 amide bonds. The molecule has 174 valence electrons. The number of rotatable bonds is 3. The van der Waals surface area contributed by atoms with Gasteiger partial charge in [0.15, 0.2) is 0 Å². The number of nitro benzene ring substituents is 1. The van der Waals surface area contributed by atoms with Crippen LogP contribution in [0.15, 0.2) is 60.2 Å². The fraction of sp³-hybridized carbons (Fsp3) is 0.333. The highest BCUT2D eigenvalue weighted by Gasteiger charge is 2.64. The summed E-state index contributed by atoms with van der Waals surface area (Å²) in [5, 5.41) is 17.5. The van der Waals surface area contributed by atoms with Gasteiger partial charge in [0.05, 0.1) is 23.1 Å². The number of carbonyl (C=O) groups excluding carboxylic acids is 2. The fourth-order valence-electron chi connectivity index (χ4n) is 5.67. The summed E-state index contributed by atoms with van der Waals surface area (Å²) < 4.78 is 10.9. The summed E-state index contributed by atoms with van der Waals surface area (Å²) in [7, 11) is 0. The normalized spacial score (nSPS) is 28.2. The first kappa shape index (κ1) is 20.5. The van der Waals surface area contributed by atoms with E-state index in [4.69, 9.17) is 9.47 Å². The van der Waals surface area contributed by atoms with Crippen molar-refractivity contribution in [3.8, 4) is 0 Å². The Morgan fingerprint density at radius 3 is 2.85 bits per heavy atom. The maximum Gasteiger partial charge on any atom is 0.429 e. The summed E-state index contributed by atoms with van der Waals surface area (Å²) in [4.78, 5) is 37.2. The number of cyclic esters (lactones) is 1. The van der Waals surface area contributed by atoms with Crippen LogP contribution in [0.1, 0.15) is 30.4 Å². The molecule has 2 fully saturated rings. The molecule has 0 bridgehead atoms. The third kappa shape index (κ3) is 2.81. The van der Waals surface area contributed by atoms with Crippen molar-refractivity contribution in [1.82, 2.24) is 10.0 Å². The molecule has 3 heterocycles. The molecule has 0 saturated carbocycles. The quantitative estimate of drug-likeness (QED) is 0.417. The Kier molecular flexibility index (Phi) is 4.35. The van der Waals surface area contributed by atoms with Gasteiger partial charge in [0, 0.05) is 30.2 Å². The second-order valence-corrected chi connectivity index (χ2v) is 9.13. The Bertz CT molecular complexity index is 1250. The zero-order valence-electron chi connectivity index (χ0n) is 18.3. The van der Waals surface area contributed by atoms with Gasteiger partial charge in [-0.15, -0.1) is 0 Å². The Balaban J connectivity index is 1.37. The van der Waals surface area contributed by atoms with Gasteiger partial charge < -0.3 is 14.8 Å². The second kappa shape index (κ2) is 7.21. The lowest BCUT2D eigenvalue weighted by Crippen LogP contribution is -2.59. The van der Waals surface area contributed by atoms with Crippen LogP contribution < -0.4 is 5.32 Å². The number of amides is 2. The van der Waals surface area contributed by atoms with Gasteiger partial charge >= 0.3 is 12.2 Å². The first-order valence-electron chi connectivity index (χ1n) is 11.1. The zero-order valence-corrected chi connectivity index (χ0v) is 18.3. The van der Waals surface area contributed by atoms with E-state index in [9.17, 15) is 19.7 Å². The molecule has 6 rings (SSSR count). The summed E-state index contributed by atoms with van der Waals surface area (Å²) in [6.07, 6.45) is 1.33. The second-order valence-electron chi connectivity index (χ2n) is 9.13. The average molecular weight is 462 g/mol. The highest BCUT2D eigenvalue weighted by Crippen LogP contribution is 2.55. The lowest BCUT2D eigenvalue weighted by atomic mass is 9.86. The van der Waals surface area contributed by atoms with Crippen molar-refractivity contribution in [1.29, 1.82) is 0 Å². The number of nitrogens with zero attached hydrogens (tertiary/aromatic N) is 3. The SMILES string of the molecule is C[C@]12CCOC(=O)N1N(C(=O)OCc1ccccc1)[C@H]1C2=C[C@@H]2c3cc([N+](=O)[O-])ccc3N[C@@H]21. The van der Waals surface area contributed by atoms with Crippen LogP contribution >= 0.6 is 0 Å². The van der Waals surface area contributed by atoms with Crippen LogP contribution in [0.25, 0.3) is 0 Å². The number of benzene rings is 2. The van der Waals surface area contributed by atoms with Crippen molar-refractivity contribution in [3.63, 3.8) is 0 Å². The summed E-state index contributed by atoms with van der Waals surface area (Å²) >= 11 is 0. The van der Waals surface area contributed by atoms with Crippen LogP contribution in [0.4, 0.5) is 21.0 Å². The molecule has 10 heteroatoms. The molecule has 10 nitrogen and oxygen atoms in total. The van der Waals surface area contributed by atoms with Gasteiger partial charge in [-0.2, -0.15) is 0 Å². The zero-order chi connectivity index (χ0) is 23.6. The Morgan fingerprint density at radius 1 is 1.29 bits per heavy atom. The number of hydrogen-bond acceptors (Lipinski definition) is 7. The lowest BCUT2D eigenvalue weighted by molar-refractivity contribution is -0.384. The minimum Gasteiger partial charge on any atom is -0.448 e. The number of non-ortho nitro benzene ring substituents is 1. The van der Waals surface area contributed by atoms with E-state index >= 15 is 0 Å². The number of hydrazine groups is 1. The molecular weight excluding hydrogens is 440 g/mol. The molecule has 2 aromatic carbocycles. The van der Waals surface area contributed by atoms with Gasteiger partial charge in [-0.1, -0.05) is 36.4 Å². The van der Waals surface area contributed by atoms with Gasteiger partial charge in [-0.25, -0.2) is 19.6 Å². The topological polar surface area (TPSA) is 114 Å². The van der Waals surface area contributed by atoms with Crippen LogP contribution in [-0.4, -0.2) is 51.4 Å². The number of ether oxygens (including phenoxy) is 2. The summed E-state index contributed by atoms with van der Waals surface area (Å²) in [6, 6.07) is 13.3. The highest BCUT2D eigenvalue weighted by molar-refractivity contribution is 5.81. The number of anilines is 1. The maximum absolute atomic E-state index is 13.4. The molecule has 1 N–H and O–H groups in total. The van der Waals surface area contributed by atoms with E-state index in [0.29, 0.717) is 6.42 Å². The molecule has 0 aromatic heterocycles. The molecule has 2 aromatic rings. The predicted molar refractivity (Wildman–Crippen MR) is 120 cm³/mol. The van der Waals surface area contributed by atoms with Crippen LogP contribution in [0.2, 0.25) is 0 Å². The molecule has 3 aliphatic heterocycles. The number of nitrogens with one attached hydrogen (secondary N) is 1. The maximum atomic E-state index is 13.4. The number of fused-ring (bicyclic) bond motifs is 7. The summed E-state index contributed by atoms with van der Waals surface area (Å²) in [5.74, 6) is -0.170. The van der Waals surface area contributed by atoms with Crippen molar-refractivity contribution < 1.29 is 24.0 Å². The minimum atomic E-state index is -0.751. The molecule has 0 radical (unpaired) electrons. The first-order chi connectivity index (χ1) is 16.4. The van der Waals surface area contributed by atoms with E-state index in [1.54, 1.807) is 12.1 Å². The molecular formula is C24H22N4O6. The standard InChI is InChI=1S/C24H22N4O6/c1-24-9-10-33-23(30)27(24)26(22(29)34-13-14-5-3-2-4-6-14)21-18(24)12-17-16-11-15(28(31)32)7-8-19(16)25-20(17)21/h2-8,11-12,17,20-21,25H,9-10,13H2,1H3/t17-,20+,21+,24-/m1/s1. The van der Waals surface area contributed by atoms with Crippen molar-refractivity contribution >= 4 is 23.6 Å². The van der Waals surface area contributed by atoms with Gasteiger partial charge in [-0.05, 0) is 29.7 Å². The highest BCUT2D eigenvalue weighted by atomic mass is 16.6. The van der Waals surface area contributed by atoms with Crippen molar-refractivity contribution in [2.45, 2.75) is 43.5 Å². The van der Waals surface area contributed by atoms with Crippen molar-refractivity contribution in [2.75, 3.05) is 11.9 Å². The van der Waals surface area contributed by atoms with Crippen LogP contribution in [0.5, 0.6) is 0 Å². The smallest absolute Gasteiger partial charge is 0.429 e. The van der Waals surface area contributed by atoms with E-state index in [1.165, 1.54) is 16.1 Å². The lowest BCUT2D eigenvalue weighted by Gasteiger charge is -2.41. The summed E-state index contributed by atoms with van der Waals surface area (Å²) in [5.41, 5.74) is 2.61. The molecule has 34 heavy (non-hydrogen) atoms. The van der Waals surface area contributed by atoms with E-state index in [0.717, 1.165) is 22.4 Å². The van der Waals surface area contributed by atoms with E-state index in [1.807, 2.05) is 43.3 Å². The Hall–Kier alpha value is -4.08. The van der Waals surface area contributed by atoms with E-state index in [2.05, 4.69) is 5.32 Å². The van der Waals surface area contributed by atoms with Gasteiger partial charge in [0.2, 0.25) is 0 Å². The fourth-order valence-corrected chi connectivity index (χ4v) is 5.67. The van der Waals surface area contributed by atoms with Crippen molar-refractivity contribution in [3.05, 3.63) is 81.4 Å². The van der Waals surface area contributed by atoms with Crippen LogP contribution in [0, 0.1) is 10.1 Å². The number of hydrogen-bond donors (Lipinski definition) is 1. The van der Waals surface area contributed by atoms with Crippen LogP contribution in [0.3, 0.4) is 0 Å². The third-order valence-corrected chi connectivity index (χ3v) is 7.28. The third-order valence-electron chi connectivity index (χ3n) is 7.28. The molecule has 0 unspecified atom stereocenters. The molecule has 0 spiro atoms. The number of nitro groups is 1. The Labute approximate surface area is 194 Å². The largest absolute Gasteiger partial charge is 0.448 e. The van der Waals surface area contributed by atoms with Gasteiger partial charge in [-0.3, -0.25) is 10.1 Å². The summed E-state index contributed by atoms with van der Waals surface area (Å²) in [6.45, 7) is 2.23. The predicted octanol–water partition coefficient (Wildman–Crippen LogP) is 3.95. The van der Waals surface area contributed by atoms with E-state index in [-0.39, 0.29) is 30.9 Å². The van der Waals surface area contributed by atoms with E-state index < -0.39 is 28.7 Å². The van der Waals surface area contributed by atoms with Gasteiger partial charge in [0.1, 0.15) is 12.6 Å². The molecule has 2 saturated heterocycles. The van der Waals surface area contributed by atoms with Crippen molar-refractivity contribution in [2.24, 2.45) is 0 Å². The Morgan fingerprint density at radius 2 is 2.09 bits per heavy atom. The molecule has 4 aliphatic rings. The van der Waals surface area contributed by atoms with Gasteiger partial charge in [0.25, 0.3) is 5.69 Å². The molecule has 4 atom stereocenters. The molecule has 1 aliphatic carbocycles.